The van der Waals surface area contributed by atoms with Crippen LogP contribution in [0.15, 0.2) is 170 Å². The average Bonchev–Trinajstić information content (AvgIpc) is 3.71. The minimum Gasteiger partial charge on any atom is -0.311 e. The smallest absolute Gasteiger partial charge is 0.166 e. The first-order valence-corrected chi connectivity index (χ1v) is 16.2. The molecule has 0 fully saturated rings. The van der Waals surface area contributed by atoms with Crippen LogP contribution in [0, 0.1) is 0 Å². The minimum atomic E-state index is 0.564. The second-order valence-corrected chi connectivity index (χ2v) is 12.1. The van der Waals surface area contributed by atoms with Crippen molar-refractivity contribution in [2.24, 2.45) is 0 Å². The molecular weight excluding hydrogens is 610 g/mol. The molecule has 0 aliphatic carbocycles. The number of benzene rings is 6. The highest BCUT2D eigenvalue weighted by Crippen LogP contribution is 2.38. The molecular formula is C42H28ClN5. The van der Waals surface area contributed by atoms with Gasteiger partial charge in [-0.05, 0) is 84.9 Å². The van der Waals surface area contributed by atoms with Gasteiger partial charge in [-0.2, -0.15) is 0 Å². The lowest BCUT2D eigenvalue weighted by Gasteiger charge is -2.25. The lowest BCUT2D eigenvalue weighted by Crippen LogP contribution is -2.09. The zero-order valence-corrected chi connectivity index (χ0v) is 26.5. The molecule has 48 heavy (non-hydrogen) atoms. The van der Waals surface area contributed by atoms with E-state index in [0.717, 1.165) is 50.9 Å². The Hall–Kier alpha value is -6.17. The third-order valence-corrected chi connectivity index (χ3v) is 9.14. The van der Waals surface area contributed by atoms with Crippen molar-refractivity contribution in [3.05, 3.63) is 175 Å². The molecule has 0 saturated heterocycles. The molecule has 9 aromatic rings. The molecule has 0 aliphatic heterocycles. The summed E-state index contributed by atoms with van der Waals surface area (Å²) in [5.41, 5.74) is 9.85. The van der Waals surface area contributed by atoms with Crippen molar-refractivity contribution in [1.82, 2.24) is 19.1 Å². The predicted octanol–water partition coefficient (Wildman–Crippen LogP) is 11.3. The van der Waals surface area contributed by atoms with E-state index in [0.29, 0.717) is 16.2 Å². The molecule has 0 bridgehead atoms. The van der Waals surface area contributed by atoms with Gasteiger partial charge >= 0.3 is 0 Å². The molecule has 0 saturated carbocycles. The summed E-state index contributed by atoms with van der Waals surface area (Å²) in [6.45, 7) is 0. The summed E-state index contributed by atoms with van der Waals surface area (Å²) in [6, 6.07) is 56.8. The summed E-state index contributed by atoms with van der Waals surface area (Å²) in [4.78, 5) is 12.1. The van der Waals surface area contributed by atoms with Crippen molar-refractivity contribution in [1.29, 1.82) is 0 Å². The molecule has 3 heterocycles. The number of fused-ring (bicyclic) bond motifs is 4. The van der Waals surface area contributed by atoms with Gasteiger partial charge in [-0.15, -0.1) is 0 Å². The Morgan fingerprint density at radius 3 is 1.67 bits per heavy atom. The van der Waals surface area contributed by atoms with E-state index in [1.165, 1.54) is 10.8 Å². The summed E-state index contributed by atoms with van der Waals surface area (Å²) in [7, 11) is 0. The molecule has 0 atom stereocenters. The van der Waals surface area contributed by atoms with Gasteiger partial charge in [-0.1, -0.05) is 90.5 Å². The number of rotatable bonds is 6. The standard InChI is InChI=1S/C42H28ClN5/c43-37-26-27-44-42-40(37)45-41(29-22-24-32(25-23-29)46(30-12-3-1-4-13-30)31-14-5-2-6-15-31)48(42)34-17-11-16-33(28-34)47-38-20-9-7-18-35(38)36-19-8-10-21-39(36)47/h1-28H. The van der Waals surface area contributed by atoms with E-state index in [1.54, 1.807) is 12.3 Å². The van der Waals surface area contributed by atoms with Crippen LogP contribution >= 0.6 is 11.6 Å². The fourth-order valence-corrected chi connectivity index (χ4v) is 6.90. The lowest BCUT2D eigenvalue weighted by atomic mass is 10.1. The van der Waals surface area contributed by atoms with Crippen molar-refractivity contribution < 1.29 is 0 Å². The van der Waals surface area contributed by atoms with Crippen molar-refractivity contribution in [2.75, 3.05) is 4.90 Å². The molecule has 0 N–H and O–H groups in total. The molecule has 3 aromatic heterocycles. The van der Waals surface area contributed by atoms with Gasteiger partial charge in [0.25, 0.3) is 0 Å². The minimum absolute atomic E-state index is 0.564. The molecule has 5 nitrogen and oxygen atoms in total. The van der Waals surface area contributed by atoms with Crippen LogP contribution in [0.2, 0.25) is 5.02 Å². The highest BCUT2D eigenvalue weighted by atomic mass is 35.5. The third kappa shape index (κ3) is 4.63. The molecule has 6 aromatic carbocycles. The quantitative estimate of drug-likeness (QED) is 0.182. The number of anilines is 3. The van der Waals surface area contributed by atoms with E-state index >= 15 is 0 Å². The van der Waals surface area contributed by atoms with Crippen LogP contribution < -0.4 is 4.90 Å². The van der Waals surface area contributed by atoms with Gasteiger partial charge in [0.2, 0.25) is 0 Å². The van der Waals surface area contributed by atoms with Crippen molar-refractivity contribution in [2.45, 2.75) is 0 Å². The largest absolute Gasteiger partial charge is 0.311 e. The second-order valence-electron chi connectivity index (χ2n) is 11.7. The maximum atomic E-state index is 6.74. The molecule has 9 rings (SSSR count). The zero-order chi connectivity index (χ0) is 32.0. The number of para-hydroxylation sites is 4. The van der Waals surface area contributed by atoms with Crippen LogP contribution in [-0.4, -0.2) is 19.1 Å². The lowest BCUT2D eigenvalue weighted by molar-refractivity contribution is 1.07. The number of pyridine rings is 1. The third-order valence-electron chi connectivity index (χ3n) is 8.84. The topological polar surface area (TPSA) is 38.9 Å². The van der Waals surface area contributed by atoms with Gasteiger partial charge in [-0.25, -0.2) is 9.97 Å². The number of aromatic nitrogens is 4. The molecule has 228 valence electrons. The highest BCUT2D eigenvalue weighted by molar-refractivity contribution is 6.34. The maximum absolute atomic E-state index is 6.74. The van der Waals surface area contributed by atoms with Gasteiger partial charge in [0.15, 0.2) is 5.65 Å². The van der Waals surface area contributed by atoms with E-state index in [-0.39, 0.29) is 0 Å². The van der Waals surface area contributed by atoms with E-state index in [9.17, 15) is 0 Å². The number of halogens is 1. The molecule has 0 amide bonds. The van der Waals surface area contributed by atoms with Crippen molar-refractivity contribution >= 4 is 61.6 Å². The van der Waals surface area contributed by atoms with Gasteiger partial charge in [0.05, 0.1) is 21.7 Å². The Balaban J connectivity index is 1.20. The maximum Gasteiger partial charge on any atom is 0.166 e. The average molecular weight is 638 g/mol. The molecule has 0 radical (unpaired) electrons. The Morgan fingerprint density at radius 1 is 0.500 bits per heavy atom. The van der Waals surface area contributed by atoms with E-state index < -0.39 is 0 Å². The normalized spacial score (nSPS) is 11.4. The fourth-order valence-electron chi connectivity index (χ4n) is 6.71. The van der Waals surface area contributed by atoms with Gasteiger partial charge in [0, 0.05) is 45.3 Å². The second kappa shape index (κ2) is 11.6. The molecule has 0 spiro atoms. The van der Waals surface area contributed by atoms with Gasteiger partial charge in [0.1, 0.15) is 11.3 Å². The van der Waals surface area contributed by atoms with Crippen LogP contribution in [-0.2, 0) is 0 Å². The molecule has 0 aliphatic rings. The van der Waals surface area contributed by atoms with Gasteiger partial charge in [-0.3, -0.25) is 4.57 Å². The summed E-state index contributed by atoms with van der Waals surface area (Å²) < 4.78 is 4.43. The summed E-state index contributed by atoms with van der Waals surface area (Å²) in [6.07, 6.45) is 1.74. The predicted molar refractivity (Wildman–Crippen MR) is 198 cm³/mol. The Kier molecular flexibility index (Phi) is 6.77. The number of imidazole rings is 1. The Labute approximate surface area is 282 Å². The van der Waals surface area contributed by atoms with E-state index in [4.69, 9.17) is 21.6 Å². The van der Waals surface area contributed by atoms with Crippen LogP contribution in [0.1, 0.15) is 0 Å². The van der Waals surface area contributed by atoms with Gasteiger partial charge < -0.3 is 9.47 Å². The summed E-state index contributed by atoms with van der Waals surface area (Å²) >= 11 is 6.74. The van der Waals surface area contributed by atoms with Crippen molar-refractivity contribution in [3.8, 4) is 22.8 Å². The summed E-state index contributed by atoms with van der Waals surface area (Å²) in [5.74, 6) is 0.766. The van der Waals surface area contributed by atoms with Crippen LogP contribution in [0.4, 0.5) is 17.1 Å². The first kappa shape index (κ1) is 28.1. The Morgan fingerprint density at radius 2 is 1.04 bits per heavy atom. The van der Waals surface area contributed by atoms with Crippen LogP contribution in [0.5, 0.6) is 0 Å². The zero-order valence-electron chi connectivity index (χ0n) is 25.8. The van der Waals surface area contributed by atoms with Crippen LogP contribution in [0.3, 0.4) is 0 Å². The highest BCUT2D eigenvalue weighted by Gasteiger charge is 2.20. The van der Waals surface area contributed by atoms with E-state index in [2.05, 4.69) is 160 Å². The molecule has 0 unspecified atom stereocenters. The molecule has 6 heteroatoms. The van der Waals surface area contributed by atoms with Crippen LogP contribution in [0.25, 0.3) is 55.7 Å². The van der Waals surface area contributed by atoms with Crippen molar-refractivity contribution in [3.63, 3.8) is 0 Å². The number of nitrogens with zero attached hydrogens (tertiary/aromatic N) is 5. The van der Waals surface area contributed by atoms with E-state index in [1.807, 2.05) is 12.1 Å². The summed E-state index contributed by atoms with van der Waals surface area (Å²) in [5, 5.41) is 3.01. The SMILES string of the molecule is Clc1ccnc2c1nc(-c1ccc(N(c3ccccc3)c3ccccc3)cc1)n2-c1cccc(-n2c3ccccc3c3ccccc32)c1. The fraction of sp³-hybridized carbons (Fsp3) is 0. The Bertz CT molecular complexity index is 2480. The first-order chi connectivity index (χ1) is 23.7. The first-order valence-electron chi connectivity index (χ1n) is 15.9. The monoisotopic (exact) mass is 637 g/mol. The number of hydrogen-bond acceptors (Lipinski definition) is 3. The number of hydrogen-bond donors (Lipinski definition) is 0.